The summed E-state index contributed by atoms with van der Waals surface area (Å²) in [5, 5.41) is 4.90. The van der Waals surface area contributed by atoms with Gasteiger partial charge in [-0.25, -0.2) is 9.78 Å². The number of ether oxygens (including phenoxy) is 1. The first-order valence-electron chi connectivity index (χ1n) is 9.91. The molecule has 0 saturated carbocycles. The summed E-state index contributed by atoms with van der Waals surface area (Å²) in [5.74, 6) is -0.606. The molecule has 4 amide bonds. The molecule has 11 nitrogen and oxygen atoms in total. The van der Waals surface area contributed by atoms with Crippen molar-refractivity contribution < 1.29 is 28.3 Å². The van der Waals surface area contributed by atoms with Gasteiger partial charge >= 0.3 is 6.03 Å². The molecule has 4 N–H and O–H groups in total. The Morgan fingerprint density at radius 2 is 2.06 bits per heavy atom. The quantitative estimate of drug-likeness (QED) is 0.337. The lowest BCUT2D eigenvalue weighted by atomic mass is 9.95. The molecule has 1 aliphatic rings. The normalized spacial score (nSPS) is 17.8. The molecule has 3 aromatic rings. The lowest BCUT2D eigenvalue weighted by Crippen LogP contribution is -2.51. The Kier molecular flexibility index (Phi) is 5.56. The van der Waals surface area contributed by atoms with Gasteiger partial charge in [0.1, 0.15) is 22.7 Å². The van der Waals surface area contributed by atoms with E-state index in [4.69, 9.17) is 14.9 Å². The fourth-order valence-corrected chi connectivity index (χ4v) is 3.83. The number of hydrogen-bond donors (Lipinski definition) is 3. The first kappa shape index (κ1) is 22.0. The van der Waals surface area contributed by atoms with Crippen LogP contribution in [-0.4, -0.2) is 54.7 Å². The number of aldehydes is 1. The first-order valence-corrected chi connectivity index (χ1v) is 9.91. The highest BCUT2D eigenvalue weighted by molar-refractivity contribution is 6.07. The molecule has 0 spiro atoms. The molecule has 0 bridgehead atoms. The van der Waals surface area contributed by atoms with Gasteiger partial charge < -0.3 is 20.2 Å². The number of benzene rings is 1. The first-order chi connectivity index (χ1) is 15.8. The number of carbonyl (C=O) groups excluding carboxylic acids is 4. The summed E-state index contributed by atoms with van der Waals surface area (Å²) in [7, 11) is 3.25. The van der Waals surface area contributed by atoms with E-state index in [1.54, 1.807) is 30.1 Å². The fourth-order valence-electron chi connectivity index (χ4n) is 3.83. The van der Waals surface area contributed by atoms with Crippen LogP contribution in [0.25, 0.3) is 11.1 Å². The van der Waals surface area contributed by atoms with Crippen LogP contribution in [-0.2, 0) is 16.9 Å². The third-order valence-electron chi connectivity index (χ3n) is 5.42. The second-order valence-corrected chi connectivity index (χ2v) is 7.72. The topological polar surface area (TPSA) is 157 Å². The maximum absolute atomic E-state index is 12.9. The van der Waals surface area contributed by atoms with Crippen LogP contribution in [0.2, 0.25) is 0 Å². The number of primary amides is 1. The van der Waals surface area contributed by atoms with E-state index in [9.17, 15) is 19.2 Å². The summed E-state index contributed by atoms with van der Waals surface area (Å²) in [6.07, 6.45) is 0.729. The van der Waals surface area contributed by atoms with Gasteiger partial charge in [-0.2, -0.15) is 0 Å². The Bertz CT molecular complexity index is 1290. The number of fused-ring (bicyclic) bond motifs is 1. The number of rotatable bonds is 8. The second-order valence-electron chi connectivity index (χ2n) is 7.72. The molecule has 1 unspecified atom stereocenters. The predicted octanol–water partition coefficient (Wildman–Crippen LogP) is 0.914. The van der Waals surface area contributed by atoms with Gasteiger partial charge in [0.05, 0.1) is 7.11 Å². The maximum atomic E-state index is 12.9. The minimum atomic E-state index is -1.55. The van der Waals surface area contributed by atoms with Gasteiger partial charge in [-0.05, 0) is 36.9 Å². The monoisotopic (exact) mass is 451 g/mol. The van der Waals surface area contributed by atoms with E-state index in [-0.39, 0.29) is 18.0 Å². The number of pyridine rings is 1. The third kappa shape index (κ3) is 4.01. The zero-order valence-corrected chi connectivity index (χ0v) is 17.9. The van der Waals surface area contributed by atoms with Crippen LogP contribution in [0.1, 0.15) is 32.2 Å². The standard InChI is InChI=1S/C22H21N5O6/c1-27(9-12-3-4-14(32-2)7-13(12)10-28)11-22(20(30)25-21(31)26-22)18-8-16-17(33-18)6-5-15(24-16)19(23)29/h3-8,10H,9,11H2,1-2H3,(H2,23,29)(H2,25,26,30,31). The highest BCUT2D eigenvalue weighted by Gasteiger charge is 2.51. The Labute approximate surface area is 187 Å². The smallest absolute Gasteiger partial charge is 0.322 e. The number of nitrogens with two attached hydrogens (primary N) is 1. The van der Waals surface area contributed by atoms with Crippen molar-refractivity contribution in [3.8, 4) is 5.75 Å². The number of urea groups is 1. The van der Waals surface area contributed by atoms with Crippen molar-refractivity contribution in [1.29, 1.82) is 0 Å². The maximum Gasteiger partial charge on any atom is 0.322 e. The minimum Gasteiger partial charge on any atom is -0.497 e. The molecule has 0 aliphatic carbocycles. The van der Waals surface area contributed by atoms with Crippen LogP contribution in [0.3, 0.4) is 0 Å². The van der Waals surface area contributed by atoms with Gasteiger partial charge in [-0.15, -0.1) is 0 Å². The van der Waals surface area contributed by atoms with Crippen LogP contribution < -0.4 is 21.1 Å². The molecule has 1 saturated heterocycles. The van der Waals surface area contributed by atoms with Crippen molar-refractivity contribution in [2.75, 3.05) is 20.7 Å². The number of methoxy groups -OCH3 is 1. The SMILES string of the molecule is COc1ccc(CN(C)CC2(c3cc4nc(C(N)=O)ccc4o3)NC(=O)NC2=O)c(C=O)c1. The van der Waals surface area contributed by atoms with Gasteiger partial charge in [0.15, 0.2) is 17.4 Å². The van der Waals surface area contributed by atoms with E-state index in [1.165, 1.54) is 25.3 Å². The van der Waals surface area contributed by atoms with Crippen molar-refractivity contribution in [2.24, 2.45) is 5.73 Å². The Morgan fingerprint density at radius 3 is 2.70 bits per heavy atom. The summed E-state index contributed by atoms with van der Waals surface area (Å²) < 4.78 is 11.0. The summed E-state index contributed by atoms with van der Waals surface area (Å²) in [5.41, 5.74) is 5.58. The van der Waals surface area contributed by atoms with Crippen LogP contribution in [0, 0.1) is 0 Å². The van der Waals surface area contributed by atoms with E-state index in [1.807, 2.05) is 0 Å². The number of likely N-dealkylation sites (N-methyl/N-ethyl adjacent to an activating group) is 1. The number of amides is 4. The molecule has 11 heteroatoms. The molecule has 2 aromatic heterocycles. The Balaban J connectivity index is 1.68. The summed E-state index contributed by atoms with van der Waals surface area (Å²) in [6.45, 7) is 0.324. The van der Waals surface area contributed by atoms with Crippen molar-refractivity contribution >= 4 is 35.2 Å². The van der Waals surface area contributed by atoms with Gasteiger partial charge in [0.2, 0.25) is 0 Å². The highest BCUT2D eigenvalue weighted by Crippen LogP contribution is 2.31. The lowest BCUT2D eigenvalue weighted by molar-refractivity contribution is -0.125. The molecule has 1 aliphatic heterocycles. The molecule has 1 aromatic carbocycles. The Morgan fingerprint density at radius 1 is 1.27 bits per heavy atom. The van der Waals surface area contributed by atoms with Gasteiger partial charge in [0.25, 0.3) is 11.8 Å². The van der Waals surface area contributed by atoms with E-state index >= 15 is 0 Å². The van der Waals surface area contributed by atoms with Gasteiger partial charge in [-0.3, -0.25) is 24.6 Å². The summed E-state index contributed by atoms with van der Waals surface area (Å²) >= 11 is 0. The molecule has 3 heterocycles. The molecule has 4 rings (SSSR count). The number of carbonyl (C=O) groups is 4. The molecule has 1 atom stereocenters. The van der Waals surface area contributed by atoms with Gasteiger partial charge in [-0.1, -0.05) is 6.07 Å². The zero-order valence-electron chi connectivity index (χ0n) is 17.9. The summed E-state index contributed by atoms with van der Waals surface area (Å²) in [6, 6.07) is 8.87. The number of aromatic nitrogens is 1. The lowest BCUT2D eigenvalue weighted by Gasteiger charge is -2.29. The number of hydrogen-bond acceptors (Lipinski definition) is 8. The van der Waals surface area contributed by atoms with E-state index < -0.39 is 23.4 Å². The molecule has 0 radical (unpaired) electrons. The number of nitrogens with one attached hydrogen (secondary N) is 2. The fraction of sp³-hybridized carbons (Fsp3) is 0.227. The predicted molar refractivity (Wildman–Crippen MR) is 116 cm³/mol. The molecule has 33 heavy (non-hydrogen) atoms. The van der Waals surface area contributed by atoms with Crippen LogP contribution in [0.4, 0.5) is 4.79 Å². The third-order valence-corrected chi connectivity index (χ3v) is 5.42. The molecular formula is C22H21N5O6. The van der Waals surface area contributed by atoms with E-state index in [0.29, 0.717) is 34.5 Å². The average molecular weight is 451 g/mol. The largest absolute Gasteiger partial charge is 0.497 e. The highest BCUT2D eigenvalue weighted by atomic mass is 16.5. The van der Waals surface area contributed by atoms with Crippen molar-refractivity contribution in [3.05, 3.63) is 59.0 Å². The molecule has 1 fully saturated rings. The van der Waals surface area contributed by atoms with Crippen molar-refractivity contribution in [3.63, 3.8) is 0 Å². The van der Waals surface area contributed by atoms with Crippen molar-refractivity contribution in [1.82, 2.24) is 20.5 Å². The van der Waals surface area contributed by atoms with Gasteiger partial charge in [0, 0.05) is 24.7 Å². The van der Waals surface area contributed by atoms with E-state index in [2.05, 4.69) is 15.6 Å². The number of furan rings is 1. The molecule has 170 valence electrons. The van der Waals surface area contributed by atoms with Crippen molar-refractivity contribution in [2.45, 2.75) is 12.1 Å². The van der Waals surface area contributed by atoms with Crippen LogP contribution >= 0.6 is 0 Å². The summed E-state index contributed by atoms with van der Waals surface area (Å²) in [4.78, 5) is 53.9. The number of imide groups is 1. The average Bonchev–Trinajstić information content (AvgIpc) is 3.34. The Hall–Kier alpha value is -4.25. The molecular weight excluding hydrogens is 430 g/mol. The zero-order chi connectivity index (χ0) is 23.8. The number of nitrogens with zero attached hydrogens (tertiary/aromatic N) is 2. The van der Waals surface area contributed by atoms with E-state index in [0.717, 1.165) is 6.29 Å². The van der Waals surface area contributed by atoms with Crippen LogP contribution in [0.5, 0.6) is 5.75 Å². The minimum absolute atomic E-state index is 0.0252. The van der Waals surface area contributed by atoms with Crippen LogP contribution in [0.15, 0.2) is 40.8 Å². The second kappa shape index (κ2) is 8.36.